The third-order valence-corrected chi connectivity index (χ3v) is 5.41. The number of carbonyl (C=O) groups excluding carboxylic acids is 3. The molecular weight excluding hydrogens is 401 g/mol. The topological polar surface area (TPSA) is 75.7 Å². The number of halogens is 3. The van der Waals surface area contributed by atoms with Crippen LogP contribution in [0.3, 0.4) is 0 Å². The summed E-state index contributed by atoms with van der Waals surface area (Å²) >= 11 is 0. The second-order valence-electron chi connectivity index (χ2n) is 8.17. The average molecular weight is 426 g/mol. The lowest BCUT2D eigenvalue weighted by atomic mass is 9.95. The van der Waals surface area contributed by atoms with Gasteiger partial charge in [-0.2, -0.15) is 13.2 Å². The van der Waals surface area contributed by atoms with Gasteiger partial charge in [-0.3, -0.25) is 14.4 Å². The van der Waals surface area contributed by atoms with Crippen molar-refractivity contribution < 1.29 is 32.3 Å². The van der Waals surface area contributed by atoms with Crippen molar-refractivity contribution in [2.45, 2.75) is 57.5 Å². The molecule has 6 nitrogen and oxygen atoms in total. The molecule has 2 aliphatic rings. The fourth-order valence-electron chi connectivity index (χ4n) is 3.98. The maximum atomic E-state index is 13.2. The molecule has 1 aromatic carbocycles. The molecule has 0 aliphatic carbocycles. The highest BCUT2D eigenvalue weighted by Crippen LogP contribution is 2.29. The summed E-state index contributed by atoms with van der Waals surface area (Å²) < 4.78 is 43.7. The minimum absolute atomic E-state index is 0.0220. The van der Waals surface area contributed by atoms with E-state index in [-0.39, 0.29) is 35.9 Å². The van der Waals surface area contributed by atoms with E-state index in [9.17, 15) is 27.6 Å². The molecule has 164 valence electrons. The van der Waals surface area contributed by atoms with Crippen molar-refractivity contribution in [3.05, 3.63) is 35.4 Å². The van der Waals surface area contributed by atoms with Crippen molar-refractivity contribution in [3.8, 4) is 0 Å². The van der Waals surface area contributed by atoms with E-state index in [1.807, 2.05) is 13.8 Å². The number of nitrogens with zero attached hydrogens (tertiary/aromatic N) is 1. The molecule has 1 N–H and O–H groups in total. The maximum absolute atomic E-state index is 13.2. The number of carbonyl (C=O) groups is 3. The summed E-state index contributed by atoms with van der Waals surface area (Å²) in [6, 6.07) is 2.31. The van der Waals surface area contributed by atoms with Crippen LogP contribution in [0.15, 0.2) is 24.3 Å². The average Bonchev–Trinajstić information content (AvgIpc) is 3.07. The number of hydrogen-bond acceptors (Lipinski definition) is 4. The minimum atomic E-state index is -4.49. The van der Waals surface area contributed by atoms with Gasteiger partial charge in [-0.05, 0) is 49.4 Å². The second kappa shape index (κ2) is 8.75. The Labute approximate surface area is 172 Å². The summed E-state index contributed by atoms with van der Waals surface area (Å²) in [4.78, 5) is 39.6. The normalized spacial score (nSPS) is 22.7. The molecular formula is C21H25F3N2O4. The van der Waals surface area contributed by atoms with Crippen molar-refractivity contribution in [3.63, 3.8) is 0 Å². The Morgan fingerprint density at radius 2 is 1.90 bits per heavy atom. The predicted molar refractivity (Wildman–Crippen MR) is 102 cm³/mol. The molecule has 0 saturated carbocycles. The van der Waals surface area contributed by atoms with Gasteiger partial charge in [0.1, 0.15) is 18.7 Å². The molecule has 2 saturated heterocycles. The van der Waals surface area contributed by atoms with Crippen LogP contribution in [0.2, 0.25) is 0 Å². The van der Waals surface area contributed by atoms with Crippen LogP contribution in [0.4, 0.5) is 13.2 Å². The van der Waals surface area contributed by atoms with Gasteiger partial charge in [0.15, 0.2) is 5.78 Å². The largest absolute Gasteiger partial charge is 0.416 e. The van der Waals surface area contributed by atoms with Gasteiger partial charge in [0.05, 0.1) is 11.7 Å². The van der Waals surface area contributed by atoms with Gasteiger partial charge < -0.3 is 15.0 Å². The van der Waals surface area contributed by atoms with E-state index in [1.54, 1.807) is 0 Å². The number of alkyl halides is 3. The first-order valence-corrected chi connectivity index (χ1v) is 10.0. The molecule has 3 unspecified atom stereocenters. The van der Waals surface area contributed by atoms with Crippen LogP contribution in [0.5, 0.6) is 0 Å². The zero-order valence-electron chi connectivity index (χ0n) is 16.9. The fraction of sp³-hybridized carbons (Fsp3) is 0.571. The third-order valence-electron chi connectivity index (χ3n) is 5.41. The van der Waals surface area contributed by atoms with Crippen LogP contribution in [0.1, 0.15) is 49.0 Å². The summed E-state index contributed by atoms with van der Waals surface area (Å²) in [5, 5.41) is 2.65. The number of Topliss-reactive ketones (excluding diaryl/α,β-unsaturated/α-hetero) is 1. The zero-order chi connectivity index (χ0) is 22.1. The Morgan fingerprint density at radius 1 is 1.23 bits per heavy atom. The number of likely N-dealkylation sites (tertiary alicyclic amines) is 1. The lowest BCUT2D eigenvalue weighted by Crippen LogP contribution is -2.58. The van der Waals surface area contributed by atoms with Crippen molar-refractivity contribution in [2.75, 3.05) is 13.2 Å². The zero-order valence-corrected chi connectivity index (χ0v) is 16.9. The molecule has 2 amide bonds. The maximum Gasteiger partial charge on any atom is 0.416 e. The first-order valence-electron chi connectivity index (χ1n) is 10.0. The number of fused-ring (bicyclic) bond motifs is 1. The number of amides is 2. The van der Waals surface area contributed by atoms with Gasteiger partial charge in [-0.15, -0.1) is 0 Å². The number of benzene rings is 1. The highest BCUT2D eigenvalue weighted by atomic mass is 19.4. The number of nitrogens with one attached hydrogen (secondary N) is 1. The molecule has 2 aliphatic heterocycles. The fourth-order valence-corrected chi connectivity index (χ4v) is 3.98. The number of ether oxygens (including phenoxy) is 1. The van der Waals surface area contributed by atoms with Crippen LogP contribution in [-0.2, 0) is 20.5 Å². The van der Waals surface area contributed by atoms with Crippen molar-refractivity contribution >= 4 is 17.6 Å². The minimum Gasteiger partial charge on any atom is -0.368 e. The molecule has 2 heterocycles. The van der Waals surface area contributed by atoms with Crippen LogP contribution in [0.25, 0.3) is 0 Å². The van der Waals surface area contributed by atoms with Crippen LogP contribution in [0, 0.1) is 5.92 Å². The second-order valence-corrected chi connectivity index (χ2v) is 8.17. The van der Waals surface area contributed by atoms with E-state index in [4.69, 9.17) is 4.74 Å². The molecule has 0 spiro atoms. The van der Waals surface area contributed by atoms with E-state index < -0.39 is 29.7 Å². The Kier molecular flexibility index (Phi) is 6.50. The predicted octanol–water partition coefficient (Wildman–Crippen LogP) is 2.81. The number of ketones is 1. The molecule has 0 bridgehead atoms. The van der Waals surface area contributed by atoms with Crippen molar-refractivity contribution in [2.24, 2.45) is 5.92 Å². The smallest absolute Gasteiger partial charge is 0.368 e. The molecule has 30 heavy (non-hydrogen) atoms. The van der Waals surface area contributed by atoms with E-state index in [0.29, 0.717) is 25.8 Å². The Balaban J connectivity index is 1.76. The van der Waals surface area contributed by atoms with Crippen LogP contribution < -0.4 is 5.32 Å². The van der Waals surface area contributed by atoms with Gasteiger partial charge in [0.25, 0.3) is 5.91 Å². The monoisotopic (exact) mass is 426 g/mol. The lowest BCUT2D eigenvalue weighted by molar-refractivity contribution is -0.142. The Hall–Kier alpha value is -2.42. The third kappa shape index (κ3) is 4.83. The summed E-state index contributed by atoms with van der Waals surface area (Å²) in [6.45, 7) is 4.17. The summed E-state index contributed by atoms with van der Waals surface area (Å²) in [6.07, 6.45) is -3.07. The number of hydrogen-bond donors (Lipinski definition) is 1. The molecule has 9 heteroatoms. The summed E-state index contributed by atoms with van der Waals surface area (Å²) in [5.41, 5.74) is -0.825. The van der Waals surface area contributed by atoms with Gasteiger partial charge in [0, 0.05) is 12.1 Å². The van der Waals surface area contributed by atoms with Gasteiger partial charge in [0.2, 0.25) is 5.91 Å². The summed E-state index contributed by atoms with van der Waals surface area (Å²) in [7, 11) is 0. The van der Waals surface area contributed by atoms with E-state index in [0.717, 1.165) is 24.3 Å². The molecule has 0 aromatic heterocycles. The Bertz CT molecular complexity index is 807. The van der Waals surface area contributed by atoms with Crippen LogP contribution >= 0.6 is 0 Å². The van der Waals surface area contributed by atoms with Gasteiger partial charge in [-0.25, -0.2) is 0 Å². The quantitative estimate of drug-likeness (QED) is 0.786. The number of piperidine rings is 1. The molecule has 3 rings (SSSR count). The summed E-state index contributed by atoms with van der Waals surface area (Å²) in [5.74, 6) is -1.07. The van der Waals surface area contributed by atoms with Crippen molar-refractivity contribution in [1.29, 1.82) is 0 Å². The molecule has 2 fully saturated rings. The first kappa shape index (κ1) is 22.3. The highest BCUT2D eigenvalue weighted by Gasteiger charge is 2.45. The van der Waals surface area contributed by atoms with Gasteiger partial charge >= 0.3 is 6.18 Å². The molecule has 1 aromatic rings. The SMILES string of the molecule is CC(C)CC(NC(=O)c1ccc(C(F)(F)F)cc1)C(=O)N1CCCC2OCC(=O)C21. The van der Waals surface area contributed by atoms with Crippen LogP contribution in [-0.4, -0.2) is 53.8 Å². The molecule has 0 radical (unpaired) electrons. The van der Waals surface area contributed by atoms with Crippen molar-refractivity contribution in [1.82, 2.24) is 10.2 Å². The van der Waals surface area contributed by atoms with Gasteiger partial charge in [-0.1, -0.05) is 13.8 Å². The standard InChI is InChI=1S/C21H25F3N2O4/c1-12(2)10-15(20(29)26-9-3-4-17-18(26)16(27)11-30-17)25-19(28)13-5-7-14(8-6-13)21(22,23)24/h5-8,12,15,17-18H,3-4,9-11H2,1-2H3,(H,25,28). The lowest BCUT2D eigenvalue weighted by Gasteiger charge is -2.37. The number of rotatable bonds is 5. The molecule has 3 atom stereocenters. The van der Waals surface area contributed by atoms with E-state index in [2.05, 4.69) is 5.32 Å². The van der Waals surface area contributed by atoms with E-state index in [1.165, 1.54) is 4.90 Å². The first-order chi connectivity index (χ1) is 14.1. The highest BCUT2D eigenvalue weighted by molar-refractivity contribution is 5.99. The van der Waals surface area contributed by atoms with E-state index >= 15 is 0 Å². The Morgan fingerprint density at radius 3 is 2.50 bits per heavy atom.